The highest BCUT2D eigenvalue weighted by Gasteiger charge is 2.35. The number of benzene rings is 2. The molecule has 1 amide bonds. The second kappa shape index (κ2) is 8.13. The molecule has 3 aromatic rings. The molecule has 1 N–H and O–H groups in total. The molecule has 150 valence electrons. The van der Waals surface area contributed by atoms with Crippen LogP contribution < -0.4 is 4.90 Å². The van der Waals surface area contributed by atoms with Crippen molar-refractivity contribution in [2.75, 3.05) is 4.90 Å². The van der Waals surface area contributed by atoms with E-state index in [1.54, 1.807) is 37.5 Å². The van der Waals surface area contributed by atoms with Gasteiger partial charge in [-0.1, -0.05) is 41.9 Å². The normalized spacial score (nSPS) is 12.4. The van der Waals surface area contributed by atoms with Crippen molar-refractivity contribution in [1.82, 2.24) is 4.98 Å². The zero-order valence-corrected chi connectivity index (χ0v) is 15.9. The highest BCUT2D eigenvalue weighted by atomic mass is 35.5. The van der Waals surface area contributed by atoms with Crippen LogP contribution in [0, 0.1) is 0 Å². The largest absolute Gasteiger partial charge is 0.465 e. The van der Waals surface area contributed by atoms with Crippen LogP contribution in [-0.4, -0.2) is 16.2 Å². The van der Waals surface area contributed by atoms with Gasteiger partial charge in [0.1, 0.15) is 0 Å². The first kappa shape index (κ1) is 20.7. The molecule has 0 bridgehead atoms. The first-order valence-electron chi connectivity index (χ1n) is 8.57. The van der Waals surface area contributed by atoms with Crippen LogP contribution in [0.3, 0.4) is 0 Å². The Morgan fingerprint density at radius 3 is 2.34 bits per heavy atom. The summed E-state index contributed by atoms with van der Waals surface area (Å²) < 4.78 is 39.5. The second-order valence-electron chi connectivity index (χ2n) is 6.35. The molecule has 4 nitrogen and oxygen atoms in total. The molecule has 0 spiro atoms. The summed E-state index contributed by atoms with van der Waals surface area (Å²) in [6.45, 7) is 1.61. The Balaban J connectivity index is 1.95. The highest BCUT2D eigenvalue weighted by Crippen LogP contribution is 2.38. The van der Waals surface area contributed by atoms with Crippen LogP contribution >= 0.6 is 11.6 Å². The third-order valence-corrected chi connectivity index (χ3v) is 4.84. The summed E-state index contributed by atoms with van der Waals surface area (Å²) in [6, 6.07) is 13.1. The number of anilines is 1. The molecular weight excluding hydrogens is 405 g/mol. The molecular formula is C21H16ClF3N2O2. The summed E-state index contributed by atoms with van der Waals surface area (Å²) in [7, 11) is 0. The lowest BCUT2D eigenvalue weighted by atomic mass is 10.0. The van der Waals surface area contributed by atoms with Gasteiger partial charge >= 0.3 is 12.3 Å². The van der Waals surface area contributed by atoms with E-state index < -0.39 is 28.9 Å². The van der Waals surface area contributed by atoms with E-state index >= 15 is 0 Å². The topological polar surface area (TPSA) is 53.4 Å². The summed E-state index contributed by atoms with van der Waals surface area (Å²) in [5, 5.41) is 9.17. The quantitative estimate of drug-likeness (QED) is 0.513. The van der Waals surface area contributed by atoms with Crippen LogP contribution in [0.4, 0.5) is 23.7 Å². The van der Waals surface area contributed by atoms with E-state index in [1.165, 1.54) is 6.07 Å². The van der Waals surface area contributed by atoms with Gasteiger partial charge < -0.3 is 5.11 Å². The Bertz CT molecular complexity index is 1010. The fraction of sp³-hybridized carbons (Fsp3) is 0.143. The number of aromatic nitrogens is 1. The van der Waals surface area contributed by atoms with E-state index in [0.717, 1.165) is 28.2 Å². The van der Waals surface area contributed by atoms with Crippen LogP contribution in [0.5, 0.6) is 0 Å². The molecule has 1 unspecified atom stereocenters. The summed E-state index contributed by atoms with van der Waals surface area (Å²) >= 11 is 5.65. The van der Waals surface area contributed by atoms with Crippen molar-refractivity contribution in [3.8, 4) is 11.1 Å². The molecule has 2 aromatic carbocycles. The Hall–Kier alpha value is -3.06. The molecule has 0 aliphatic rings. The van der Waals surface area contributed by atoms with Crippen molar-refractivity contribution in [2.45, 2.75) is 19.1 Å². The van der Waals surface area contributed by atoms with Crippen LogP contribution in [-0.2, 0) is 6.18 Å². The lowest BCUT2D eigenvalue weighted by molar-refractivity contribution is -0.137. The Kier molecular flexibility index (Phi) is 5.79. The van der Waals surface area contributed by atoms with Crippen molar-refractivity contribution < 1.29 is 23.1 Å². The van der Waals surface area contributed by atoms with Crippen molar-refractivity contribution in [3.63, 3.8) is 0 Å². The zero-order chi connectivity index (χ0) is 21.2. The molecule has 0 aliphatic heterocycles. The Labute approximate surface area is 170 Å². The van der Waals surface area contributed by atoms with Gasteiger partial charge in [0.25, 0.3) is 0 Å². The number of hydrogen-bond donors (Lipinski definition) is 1. The van der Waals surface area contributed by atoms with Crippen LogP contribution in [0.15, 0.2) is 67.0 Å². The van der Waals surface area contributed by atoms with Gasteiger partial charge in [-0.05, 0) is 47.9 Å². The van der Waals surface area contributed by atoms with Crippen molar-refractivity contribution in [3.05, 3.63) is 83.1 Å². The molecule has 0 radical (unpaired) electrons. The number of hydrogen-bond acceptors (Lipinski definition) is 2. The number of amides is 1. The standard InChI is InChI=1S/C21H16ClF3N2O2/c1-13(14-4-6-15(7-5-14)16-3-2-10-26-12-16)27(20(28)29)17-8-9-19(22)18(11-17)21(23,24)25/h2-13H,1H3,(H,28,29). The number of carbonyl (C=O) groups is 1. The maximum Gasteiger partial charge on any atom is 0.417 e. The average Bonchev–Trinajstić information content (AvgIpc) is 2.69. The molecule has 0 fully saturated rings. The van der Waals surface area contributed by atoms with E-state index in [1.807, 2.05) is 18.2 Å². The molecule has 0 saturated carbocycles. The number of nitrogens with zero attached hydrogens (tertiary/aromatic N) is 2. The number of rotatable bonds is 4. The maximum atomic E-state index is 13.2. The fourth-order valence-corrected chi connectivity index (χ4v) is 3.24. The summed E-state index contributed by atoms with van der Waals surface area (Å²) in [4.78, 5) is 16.8. The Morgan fingerprint density at radius 1 is 1.10 bits per heavy atom. The smallest absolute Gasteiger partial charge is 0.417 e. The molecule has 3 rings (SSSR count). The van der Waals surface area contributed by atoms with Crippen molar-refractivity contribution in [1.29, 1.82) is 0 Å². The van der Waals surface area contributed by atoms with Crippen molar-refractivity contribution in [2.24, 2.45) is 0 Å². The highest BCUT2D eigenvalue weighted by molar-refractivity contribution is 6.31. The lowest BCUT2D eigenvalue weighted by Gasteiger charge is -2.28. The van der Waals surface area contributed by atoms with Gasteiger partial charge in [-0.3, -0.25) is 9.88 Å². The van der Waals surface area contributed by atoms with E-state index in [9.17, 15) is 23.1 Å². The predicted octanol–water partition coefficient (Wildman–Crippen LogP) is 6.67. The van der Waals surface area contributed by atoms with Gasteiger partial charge in [-0.2, -0.15) is 13.2 Å². The monoisotopic (exact) mass is 420 g/mol. The molecule has 1 aromatic heterocycles. The predicted molar refractivity (Wildman–Crippen MR) is 105 cm³/mol. The molecule has 1 atom stereocenters. The number of alkyl halides is 3. The molecule has 29 heavy (non-hydrogen) atoms. The van der Waals surface area contributed by atoms with E-state index in [4.69, 9.17) is 11.6 Å². The van der Waals surface area contributed by atoms with Crippen LogP contribution in [0.2, 0.25) is 5.02 Å². The van der Waals surface area contributed by atoms with Gasteiger partial charge in [0.2, 0.25) is 0 Å². The van der Waals surface area contributed by atoms with E-state index in [0.29, 0.717) is 5.56 Å². The number of halogens is 4. The van der Waals surface area contributed by atoms with Gasteiger partial charge in [-0.15, -0.1) is 0 Å². The minimum Gasteiger partial charge on any atom is -0.465 e. The number of pyridine rings is 1. The first-order chi connectivity index (χ1) is 13.7. The van der Waals surface area contributed by atoms with Crippen LogP contribution in [0.1, 0.15) is 24.1 Å². The zero-order valence-electron chi connectivity index (χ0n) is 15.2. The SMILES string of the molecule is CC(c1ccc(-c2cccnc2)cc1)N(C(=O)O)c1ccc(Cl)c(C(F)(F)F)c1. The van der Waals surface area contributed by atoms with Gasteiger partial charge in [-0.25, -0.2) is 4.79 Å². The molecule has 1 heterocycles. The second-order valence-corrected chi connectivity index (χ2v) is 6.76. The number of carboxylic acid groups (broad SMARTS) is 1. The van der Waals surface area contributed by atoms with Gasteiger partial charge in [0, 0.05) is 18.1 Å². The third kappa shape index (κ3) is 4.51. The summed E-state index contributed by atoms with van der Waals surface area (Å²) in [6.07, 6.45) is -2.70. The molecule has 0 aliphatic carbocycles. The molecule has 8 heteroatoms. The van der Waals surface area contributed by atoms with Crippen LogP contribution in [0.25, 0.3) is 11.1 Å². The lowest BCUT2D eigenvalue weighted by Crippen LogP contribution is -2.32. The van der Waals surface area contributed by atoms with Gasteiger partial charge in [0.05, 0.1) is 16.6 Å². The Morgan fingerprint density at radius 2 is 1.79 bits per heavy atom. The maximum absolute atomic E-state index is 13.2. The molecule has 0 saturated heterocycles. The van der Waals surface area contributed by atoms with Crippen molar-refractivity contribution >= 4 is 23.4 Å². The summed E-state index contributed by atoms with van der Waals surface area (Å²) in [5.41, 5.74) is 1.22. The third-order valence-electron chi connectivity index (χ3n) is 4.51. The first-order valence-corrected chi connectivity index (χ1v) is 8.95. The minimum absolute atomic E-state index is 0.113. The average molecular weight is 421 g/mol. The van der Waals surface area contributed by atoms with E-state index in [-0.39, 0.29) is 5.69 Å². The minimum atomic E-state index is -4.69. The fourth-order valence-electron chi connectivity index (χ4n) is 3.02. The van der Waals surface area contributed by atoms with E-state index in [2.05, 4.69) is 4.98 Å². The summed E-state index contributed by atoms with van der Waals surface area (Å²) in [5.74, 6) is 0. The van der Waals surface area contributed by atoms with Gasteiger partial charge in [0.15, 0.2) is 0 Å².